The summed E-state index contributed by atoms with van der Waals surface area (Å²) >= 11 is 3.39. The Morgan fingerprint density at radius 3 is 2.94 bits per heavy atom. The molecule has 0 N–H and O–H groups in total. The van der Waals surface area contributed by atoms with Crippen molar-refractivity contribution in [1.29, 1.82) is 0 Å². The smallest absolute Gasteiger partial charge is 0.181 e. The van der Waals surface area contributed by atoms with E-state index in [-0.39, 0.29) is 6.10 Å². The molecule has 0 saturated carbocycles. The van der Waals surface area contributed by atoms with Gasteiger partial charge in [0.2, 0.25) is 0 Å². The first-order valence-electron chi connectivity index (χ1n) is 5.46. The van der Waals surface area contributed by atoms with Crippen molar-refractivity contribution in [3.63, 3.8) is 0 Å². The lowest BCUT2D eigenvalue weighted by Crippen LogP contribution is -2.05. The molecule has 0 atom stereocenters. The molecule has 2 aromatic rings. The van der Waals surface area contributed by atoms with Crippen molar-refractivity contribution in [2.75, 3.05) is 0 Å². The number of rotatable bonds is 4. The van der Waals surface area contributed by atoms with Gasteiger partial charge in [0.1, 0.15) is 5.75 Å². The van der Waals surface area contributed by atoms with Gasteiger partial charge in [0, 0.05) is 10.9 Å². The molecule has 17 heavy (non-hydrogen) atoms. The highest BCUT2D eigenvalue weighted by Crippen LogP contribution is 2.28. The second-order valence-electron chi connectivity index (χ2n) is 3.96. The zero-order valence-electron chi connectivity index (χ0n) is 9.81. The number of alkyl halides is 1. The van der Waals surface area contributed by atoms with Gasteiger partial charge in [0.25, 0.3) is 0 Å². The maximum atomic E-state index is 5.65. The summed E-state index contributed by atoms with van der Waals surface area (Å²) in [4.78, 5) is 4.15. The summed E-state index contributed by atoms with van der Waals surface area (Å²) in [5, 5.41) is 0.675. The first-order valence-corrected chi connectivity index (χ1v) is 6.58. The Labute approximate surface area is 109 Å². The molecule has 0 amide bonds. The standard InChI is InChI=1S/C13H14BrNO2/c1-9(2)17-11-5-3-4-10(6-11)13-12(7-14)15-8-16-13/h3-6,8-9H,7H2,1-2H3. The minimum Gasteiger partial charge on any atom is -0.491 e. The van der Waals surface area contributed by atoms with Crippen LogP contribution in [0.5, 0.6) is 5.75 Å². The fourth-order valence-electron chi connectivity index (χ4n) is 1.58. The highest BCUT2D eigenvalue weighted by Gasteiger charge is 2.10. The van der Waals surface area contributed by atoms with Crippen LogP contribution in [-0.2, 0) is 5.33 Å². The summed E-state index contributed by atoms with van der Waals surface area (Å²) in [7, 11) is 0. The molecule has 0 spiro atoms. The first-order chi connectivity index (χ1) is 8.20. The molecule has 4 heteroatoms. The van der Waals surface area contributed by atoms with Crippen LogP contribution in [0, 0.1) is 0 Å². The normalized spacial score (nSPS) is 10.8. The number of hydrogen-bond acceptors (Lipinski definition) is 3. The second kappa shape index (κ2) is 5.36. The molecule has 0 fully saturated rings. The van der Waals surface area contributed by atoms with E-state index in [9.17, 15) is 0 Å². The number of halogens is 1. The predicted molar refractivity (Wildman–Crippen MR) is 70.3 cm³/mol. The van der Waals surface area contributed by atoms with E-state index < -0.39 is 0 Å². The molecule has 1 aromatic heterocycles. The Morgan fingerprint density at radius 2 is 2.24 bits per heavy atom. The van der Waals surface area contributed by atoms with Crippen molar-refractivity contribution in [2.45, 2.75) is 25.3 Å². The van der Waals surface area contributed by atoms with Crippen molar-refractivity contribution in [3.8, 4) is 17.1 Å². The van der Waals surface area contributed by atoms with Gasteiger partial charge in [-0.05, 0) is 26.0 Å². The van der Waals surface area contributed by atoms with Crippen LogP contribution < -0.4 is 4.74 Å². The minimum absolute atomic E-state index is 0.163. The molecule has 3 nitrogen and oxygen atoms in total. The van der Waals surface area contributed by atoms with Gasteiger partial charge in [-0.15, -0.1) is 0 Å². The summed E-state index contributed by atoms with van der Waals surface area (Å²) in [5.74, 6) is 1.63. The summed E-state index contributed by atoms with van der Waals surface area (Å²) in [6.07, 6.45) is 1.62. The molecular formula is C13H14BrNO2. The Kier molecular flexibility index (Phi) is 3.84. The summed E-state index contributed by atoms with van der Waals surface area (Å²) in [5.41, 5.74) is 1.88. The number of benzene rings is 1. The molecule has 0 aliphatic rings. The quantitative estimate of drug-likeness (QED) is 0.799. The molecule has 0 unspecified atom stereocenters. The van der Waals surface area contributed by atoms with Crippen molar-refractivity contribution < 1.29 is 9.15 Å². The molecule has 0 bridgehead atoms. The molecule has 0 aliphatic carbocycles. The largest absolute Gasteiger partial charge is 0.491 e. The van der Waals surface area contributed by atoms with Crippen LogP contribution in [-0.4, -0.2) is 11.1 Å². The Balaban J connectivity index is 2.33. The van der Waals surface area contributed by atoms with E-state index >= 15 is 0 Å². The molecule has 90 valence electrons. The van der Waals surface area contributed by atoms with Crippen LogP contribution in [0.3, 0.4) is 0 Å². The van der Waals surface area contributed by atoms with Gasteiger partial charge in [-0.3, -0.25) is 0 Å². The average molecular weight is 296 g/mol. The van der Waals surface area contributed by atoms with Crippen molar-refractivity contribution in [2.24, 2.45) is 0 Å². The van der Waals surface area contributed by atoms with Crippen molar-refractivity contribution >= 4 is 15.9 Å². The van der Waals surface area contributed by atoms with Crippen molar-refractivity contribution in [3.05, 3.63) is 36.4 Å². The lowest BCUT2D eigenvalue weighted by Gasteiger charge is -2.10. The van der Waals surface area contributed by atoms with Gasteiger partial charge in [-0.25, -0.2) is 4.98 Å². The predicted octanol–water partition coefficient (Wildman–Crippen LogP) is 4.02. The highest BCUT2D eigenvalue weighted by atomic mass is 79.9. The minimum atomic E-state index is 0.163. The van der Waals surface area contributed by atoms with Gasteiger partial charge in [-0.2, -0.15) is 0 Å². The zero-order chi connectivity index (χ0) is 12.3. The van der Waals surface area contributed by atoms with Crippen LogP contribution in [0.25, 0.3) is 11.3 Å². The van der Waals surface area contributed by atoms with E-state index in [0.29, 0.717) is 5.33 Å². The van der Waals surface area contributed by atoms with Crippen LogP contribution in [0.1, 0.15) is 19.5 Å². The highest BCUT2D eigenvalue weighted by molar-refractivity contribution is 9.08. The van der Waals surface area contributed by atoms with Gasteiger partial charge in [0.15, 0.2) is 12.2 Å². The van der Waals surface area contributed by atoms with Gasteiger partial charge in [-0.1, -0.05) is 28.1 Å². The fourth-order valence-corrected chi connectivity index (χ4v) is 1.98. The van der Waals surface area contributed by atoms with Gasteiger partial charge < -0.3 is 9.15 Å². The molecule has 2 rings (SSSR count). The number of oxazole rings is 1. The molecule has 0 radical (unpaired) electrons. The molecule has 0 aliphatic heterocycles. The van der Waals surface area contributed by atoms with E-state index in [4.69, 9.17) is 9.15 Å². The van der Waals surface area contributed by atoms with Crippen LogP contribution in [0.2, 0.25) is 0 Å². The van der Waals surface area contributed by atoms with Crippen LogP contribution in [0.15, 0.2) is 35.1 Å². The Hall–Kier alpha value is -1.29. The van der Waals surface area contributed by atoms with E-state index in [1.54, 1.807) is 0 Å². The summed E-state index contributed by atoms with van der Waals surface area (Å²) in [6.45, 7) is 4.01. The first kappa shape index (κ1) is 12.2. The number of aromatic nitrogens is 1. The summed E-state index contributed by atoms with van der Waals surface area (Å²) < 4.78 is 11.1. The monoisotopic (exact) mass is 295 g/mol. The fraction of sp³-hybridized carbons (Fsp3) is 0.308. The molecule has 1 heterocycles. The lowest BCUT2D eigenvalue weighted by atomic mass is 10.1. The number of hydrogen-bond donors (Lipinski definition) is 0. The lowest BCUT2D eigenvalue weighted by molar-refractivity contribution is 0.242. The average Bonchev–Trinajstić information content (AvgIpc) is 2.76. The Morgan fingerprint density at radius 1 is 1.41 bits per heavy atom. The molecule has 0 saturated heterocycles. The SMILES string of the molecule is CC(C)Oc1cccc(-c2ocnc2CBr)c1. The zero-order valence-corrected chi connectivity index (χ0v) is 11.4. The Bertz CT molecular complexity index is 494. The van der Waals surface area contributed by atoms with Crippen LogP contribution in [0.4, 0.5) is 0 Å². The van der Waals surface area contributed by atoms with Gasteiger partial charge in [0.05, 0.1) is 11.8 Å². The van der Waals surface area contributed by atoms with E-state index in [0.717, 1.165) is 22.8 Å². The summed E-state index contributed by atoms with van der Waals surface area (Å²) in [6, 6.07) is 7.84. The van der Waals surface area contributed by atoms with Crippen molar-refractivity contribution in [1.82, 2.24) is 4.98 Å². The number of ether oxygens (including phenoxy) is 1. The second-order valence-corrected chi connectivity index (χ2v) is 4.52. The van der Waals surface area contributed by atoms with E-state index in [1.165, 1.54) is 6.39 Å². The maximum Gasteiger partial charge on any atom is 0.181 e. The third kappa shape index (κ3) is 2.88. The number of nitrogens with zero attached hydrogens (tertiary/aromatic N) is 1. The molecule has 1 aromatic carbocycles. The van der Waals surface area contributed by atoms with E-state index in [2.05, 4.69) is 20.9 Å². The molecular weight excluding hydrogens is 282 g/mol. The topological polar surface area (TPSA) is 35.3 Å². The van der Waals surface area contributed by atoms with Crippen LogP contribution >= 0.6 is 15.9 Å². The maximum absolute atomic E-state index is 5.65. The van der Waals surface area contributed by atoms with E-state index in [1.807, 2.05) is 38.1 Å². The third-order valence-corrected chi connectivity index (χ3v) is 2.77. The third-order valence-electron chi connectivity index (χ3n) is 2.24. The van der Waals surface area contributed by atoms with Gasteiger partial charge >= 0.3 is 0 Å².